The first-order valence-electron chi connectivity index (χ1n) is 9.79. The molecule has 1 aliphatic rings. The highest BCUT2D eigenvalue weighted by Crippen LogP contribution is 2.40. The van der Waals surface area contributed by atoms with E-state index in [1.54, 1.807) is 20.3 Å². The molecular formula is C23H29N3O3. The first-order valence-corrected chi connectivity index (χ1v) is 9.79. The summed E-state index contributed by atoms with van der Waals surface area (Å²) in [5.74, 6) is 1.06. The molecule has 1 heterocycles. The molecule has 3 N–H and O–H groups in total. The van der Waals surface area contributed by atoms with Crippen LogP contribution in [-0.4, -0.2) is 32.2 Å². The maximum absolute atomic E-state index is 12.5. The van der Waals surface area contributed by atoms with Gasteiger partial charge in [-0.15, -0.1) is 0 Å². The molecule has 6 heteroatoms. The Labute approximate surface area is 172 Å². The van der Waals surface area contributed by atoms with Crippen LogP contribution in [0.15, 0.2) is 42.5 Å². The summed E-state index contributed by atoms with van der Waals surface area (Å²) in [7, 11) is 3.16. The summed E-state index contributed by atoms with van der Waals surface area (Å²) < 4.78 is 10.7. The molecule has 0 spiro atoms. The zero-order valence-electron chi connectivity index (χ0n) is 17.6. The molecule has 0 radical (unpaired) electrons. The molecule has 0 aromatic heterocycles. The van der Waals surface area contributed by atoms with E-state index in [2.05, 4.69) is 54.1 Å². The number of fused-ring (bicyclic) bond motifs is 1. The van der Waals surface area contributed by atoms with E-state index in [0.717, 1.165) is 23.5 Å². The Morgan fingerprint density at radius 2 is 1.69 bits per heavy atom. The standard InChI is InChI=1S/C23H29N3O3/c1-14(2)24-13-16-6-8-17(9-7-16)25-15(3)10-19-18-11-21(28-4)22(29-5)12-20(18)26-23(19)27/h6-12,14-15,24-25H,13H2,1-5H3,(H,26,27). The van der Waals surface area contributed by atoms with Gasteiger partial charge in [-0.25, -0.2) is 0 Å². The first-order chi connectivity index (χ1) is 13.9. The molecule has 1 unspecified atom stereocenters. The highest BCUT2D eigenvalue weighted by molar-refractivity contribution is 6.31. The molecule has 6 nitrogen and oxygen atoms in total. The lowest BCUT2D eigenvalue weighted by molar-refractivity contribution is -0.110. The number of amides is 1. The van der Waals surface area contributed by atoms with Crippen molar-refractivity contribution in [3.8, 4) is 11.5 Å². The lowest BCUT2D eigenvalue weighted by Gasteiger charge is -2.14. The molecule has 1 amide bonds. The van der Waals surface area contributed by atoms with E-state index in [-0.39, 0.29) is 11.9 Å². The van der Waals surface area contributed by atoms with Gasteiger partial charge in [0.15, 0.2) is 11.5 Å². The van der Waals surface area contributed by atoms with Gasteiger partial charge in [0.05, 0.1) is 19.9 Å². The van der Waals surface area contributed by atoms with Gasteiger partial charge in [0, 0.05) is 41.5 Å². The molecule has 3 rings (SSSR count). The summed E-state index contributed by atoms with van der Waals surface area (Å²) in [6.07, 6.45) is 1.93. The van der Waals surface area contributed by atoms with E-state index >= 15 is 0 Å². The number of anilines is 2. The molecule has 0 aliphatic carbocycles. The SMILES string of the molecule is COc1cc2c(cc1OC)C(=CC(C)Nc1ccc(CNC(C)C)cc1)C(=O)N2. The average Bonchev–Trinajstić information content (AvgIpc) is 3.00. The van der Waals surface area contributed by atoms with Gasteiger partial charge in [0.25, 0.3) is 5.91 Å². The van der Waals surface area contributed by atoms with Gasteiger partial charge in [-0.1, -0.05) is 26.0 Å². The first kappa shape index (κ1) is 20.7. The Kier molecular flexibility index (Phi) is 6.44. The lowest BCUT2D eigenvalue weighted by atomic mass is 10.0. The lowest BCUT2D eigenvalue weighted by Crippen LogP contribution is -2.21. The Balaban J connectivity index is 1.74. The number of carbonyl (C=O) groups excluding carboxylic acids is 1. The molecule has 0 saturated carbocycles. The number of benzene rings is 2. The minimum absolute atomic E-state index is 0.0329. The van der Waals surface area contributed by atoms with E-state index in [9.17, 15) is 4.79 Å². The highest BCUT2D eigenvalue weighted by atomic mass is 16.5. The van der Waals surface area contributed by atoms with Crippen LogP contribution >= 0.6 is 0 Å². The third-order valence-corrected chi connectivity index (χ3v) is 4.79. The Morgan fingerprint density at radius 3 is 2.31 bits per heavy atom. The minimum atomic E-state index is -0.126. The maximum atomic E-state index is 12.5. The number of methoxy groups -OCH3 is 2. The van der Waals surface area contributed by atoms with Crippen molar-refractivity contribution in [3.63, 3.8) is 0 Å². The van der Waals surface area contributed by atoms with E-state index in [4.69, 9.17) is 9.47 Å². The fraction of sp³-hybridized carbons (Fsp3) is 0.348. The number of carbonyl (C=O) groups is 1. The van der Waals surface area contributed by atoms with Crippen LogP contribution in [0, 0.1) is 0 Å². The van der Waals surface area contributed by atoms with Crippen molar-refractivity contribution in [3.05, 3.63) is 53.6 Å². The summed E-state index contributed by atoms with van der Waals surface area (Å²) in [4.78, 5) is 12.5. The molecule has 1 atom stereocenters. The van der Waals surface area contributed by atoms with Crippen LogP contribution in [0.2, 0.25) is 0 Å². The number of ether oxygens (including phenoxy) is 2. The predicted octanol–water partition coefficient (Wildman–Crippen LogP) is 4.04. The normalized spacial score (nSPS) is 15.2. The van der Waals surface area contributed by atoms with Crippen molar-refractivity contribution in [1.82, 2.24) is 5.32 Å². The van der Waals surface area contributed by atoms with E-state index < -0.39 is 0 Å². The van der Waals surface area contributed by atoms with Crippen LogP contribution in [0.3, 0.4) is 0 Å². The van der Waals surface area contributed by atoms with E-state index in [0.29, 0.717) is 23.1 Å². The smallest absolute Gasteiger partial charge is 0.256 e. The number of nitrogens with one attached hydrogen (secondary N) is 3. The Bertz CT molecular complexity index is 904. The predicted molar refractivity (Wildman–Crippen MR) is 118 cm³/mol. The van der Waals surface area contributed by atoms with Gasteiger partial charge in [0.2, 0.25) is 0 Å². The van der Waals surface area contributed by atoms with Crippen LogP contribution in [0.5, 0.6) is 11.5 Å². The quantitative estimate of drug-likeness (QED) is 0.589. The zero-order valence-corrected chi connectivity index (χ0v) is 17.6. The summed E-state index contributed by atoms with van der Waals surface area (Å²) in [6, 6.07) is 12.4. The summed E-state index contributed by atoms with van der Waals surface area (Å²) in [5.41, 5.74) is 4.41. The Hall–Kier alpha value is -2.99. The van der Waals surface area contributed by atoms with Crippen LogP contribution in [0.4, 0.5) is 11.4 Å². The molecule has 29 heavy (non-hydrogen) atoms. The van der Waals surface area contributed by atoms with Gasteiger partial charge in [0.1, 0.15) is 0 Å². The zero-order chi connectivity index (χ0) is 21.0. The third kappa shape index (κ3) is 4.90. The molecule has 1 aliphatic heterocycles. The number of rotatable bonds is 8. The van der Waals surface area contributed by atoms with Gasteiger partial charge in [-0.3, -0.25) is 4.79 Å². The van der Waals surface area contributed by atoms with Crippen LogP contribution < -0.4 is 25.4 Å². The Morgan fingerprint density at radius 1 is 1.03 bits per heavy atom. The molecule has 2 aromatic carbocycles. The van der Waals surface area contributed by atoms with Gasteiger partial charge >= 0.3 is 0 Å². The largest absolute Gasteiger partial charge is 0.493 e. The number of hydrogen-bond acceptors (Lipinski definition) is 5. The van der Waals surface area contributed by atoms with Crippen LogP contribution in [0.25, 0.3) is 5.57 Å². The fourth-order valence-corrected chi connectivity index (χ4v) is 3.28. The molecule has 154 valence electrons. The van der Waals surface area contributed by atoms with Gasteiger partial charge in [-0.05, 0) is 36.8 Å². The second-order valence-corrected chi connectivity index (χ2v) is 7.45. The fourth-order valence-electron chi connectivity index (χ4n) is 3.28. The summed E-state index contributed by atoms with van der Waals surface area (Å²) in [6.45, 7) is 7.13. The topological polar surface area (TPSA) is 71.6 Å². The van der Waals surface area contributed by atoms with Crippen LogP contribution in [-0.2, 0) is 11.3 Å². The third-order valence-electron chi connectivity index (χ3n) is 4.79. The molecule has 0 bridgehead atoms. The second-order valence-electron chi connectivity index (χ2n) is 7.45. The van der Waals surface area contributed by atoms with Crippen LogP contribution in [0.1, 0.15) is 31.9 Å². The van der Waals surface area contributed by atoms with E-state index in [1.807, 2.05) is 19.1 Å². The van der Waals surface area contributed by atoms with Crippen molar-refractivity contribution >= 4 is 22.9 Å². The van der Waals surface area contributed by atoms with Crippen molar-refractivity contribution in [1.29, 1.82) is 0 Å². The summed E-state index contributed by atoms with van der Waals surface area (Å²) >= 11 is 0. The molecular weight excluding hydrogens is 366 g/mol. The molecule has 0 saturated heterocycles. The van der Waals surface area contributed by atoms with Crippen molar-refractivity contribution in [2.24, 2.45) is 0 Å². The monoisotopic (exact) mass is 395 g/mol. The van der Waals surface area contributed by atoms with Crippen molar-refractivity contribution < 1.29 is 14.3 Å². The maximum Gasteiger partial charge on any atom is 0.256 e. The van der Waals surface area contributed by atoms with E-state index in [1.165, 1.54) is 5.56 Å². The average molecular weight is 396 g/mol. The van der Waals surface area contributed by atoms with Crippen molar-refractivity contribution in [2.75, 3.05) is 24.9 Å². The minimum Gasteiger partial charge on any atom is -0.493 e. The summed E-state index contributed by atoms with van der Waals surface area (Å²) in [5, 5.41) is 9.73. The molecule has 2 aromatic rings. The van der Waals surface area contributed by atoms with Gasteiger partial charge < -0.3 is 25.4 Å². The second kappa shape index (κ2) is 9.01. The highest BCUT2D eigenvalue weighted by Gasteiger charge is 2.27. The number of hydrogen-bond donors (Lipinski definition) is 3. The van der Waals surface area contributed by atoms with Crippen molar-refractivity contribution in [2.45, 2.75) is 39.4 Å². The molecule has 0 fully saturated rings. The van der Waals surface area contributed by atoms with Gasteiger partial charge in [-0.2, -0.15) is 0 Å².